The van der Waals surface area contributed by atoms with Crippen molar-refractivity contribution in [2.45, 2.75) is 37.8 Å². The number of hydrogen-bond donors (Lipinski definition) is 3. The minimum Gasteiger partial charge on any atom is -0.497 e. The van der Waals surface area contributed by atoms with Gasteiger partial charge in [0.15, 0.2) is 0 Å². The Morgan fingerprint density at radius 2 is 2.15 bits per heavy atom. The predicted octanol–water partition coefficient (Wildman–Crippen LogP) is 1.49. The molecule has 0 amide bonds. The number of nitrogens with zero attached hydrogens (tertiary/aromatic N) is 3. The van der Waals surface area contributed by atoms with Crippen LogP contribution in [0.25, 0.3) is 11.4 Å². The van der Waals surface area contributed by atoms with Crippen LogP contribution in [0.4, 0.5) is 0 Å². The first-order chi connectivity index (χ1) is 13.1. The lowest BCUT2D eigenvalue weighted by Gasteiger charge is -2.41. The molecule has 0 bridgehead atoms. The summed E-state index contributed by atoms with van der Waals surface area (Å²) in [5, 5.41) is 26.6. The van der Waals surface area contributed by atoms with Crippen LogP contribution in [0.2, 0.25) is 0 Å². The largest absolute Gasteiger partial charge is 0.497 e. The van der Waals surface area contributed by atoms with Crippen molar-refractivity contribution in [3.8, 4) is 22.9 Å². The summed E-state index contributed by atoms with van der Waals surface area (Å²) in [6.45, 7) is 0.765. The summed E-state index contributed by atoms with van der Waals surface area (Å²) in [5.74, 6) is 1.91. The summed E-state index contributed by atoms with van der Waals surface area (Å²) in [5.41, 5.74) is 0.750. The maximum Gasteiger partial charge on any atom is 0.320 e. The molecule has 9 heteroatoms. The van der Waals surface area contributed by atoms with Gasteiger partial charge < -0.3 is 19.9 Å². The molecule has 1 aromatic carbocycles. The maximum atomic E-state index is 11.3. The van der Waals surface area contributed by atoms with Gasteiger partial charge in [0.05, 0.1) is 18.8 Å². The molecule has 2 unspecified atom stereocenters. The molecule has 1 saturated heterocycles. The van der Waals surface area contributed by atoms with Crippen molar-refractivity contribution in [2.24, 2.45) is 11.8 Å². The van der Waals surface area contributed by atoms with Crippen molar-refractivity contribution in [1.82, 2.24) is 25.9 Å². The predicted molar refractivity (Wildman–Crippen MR) is 95.5 cm³/mol. The van der Waals surface area contributed by atoms with Gasteiger partial charge in [-0.1, -0.05) is 0 Å². The van der Waals surface area contributed by atoms with Crippen LogP contribution in [0.1, 0.15) is 25.7 Å². The van der Waals surface area contributed by atoms with E-state index in [2.05, 4.69) is 25.9 Å². The number of carboxylic acid groups (broad SMARTS) is 1. The number of H-pyrrole nitrogens is 1. The zero-order valence-electron chi connectivity index (χ0n) is 15.1. The number of hydrogen-bond acceptors (Lipinski definition) is 7. The number of tetrazole rings is 1. The Morgan fingerprint density at radius 1 is 1.26 bits per heavy atom. The fourth-order valence-electron chi connectivity index (χ4n) is 4.18. The molecule has 0 radical (unpaired) electrons. The minimum atomic E-state index is -0.774. The molecule has 1 aromatic heterocycles. The Labute approximate surface area is 156 Å². The zero-order valence-corrected chi connectivity index (χ0v) is 15.1. The van der Waals surface area contributed by atoms with Gasteiger partial charge in [0.25, 0.3) is 0 Å². The molecular weight excluding hydrogens is 350 g/mol. The summed E-state index contributed by atoms with van der Waals surface area (Å²) in [4.78, 5) is 11.3. The van der Waals surface area contributed by atoms with E-state index in [9.17, 15) is 9.90 Å². The van der Waals surface area contributed by atoms with E-state index >= 15 is 0 Å². The topological polar surface area (TPSA) is 122 Å². The summed E-state index contributed by atoms with van der Waals surface area (Å²) < 4.78 is 11.7. The van der Waals surface area contributed by atoms with E-state index in [0.29, 0.717) is 35.6 Å². The highest BCUT2D eigenvalue weighted by Crippen LogP contribution is 2.39. The minimum absolute atomic E-state index is 0.0246. The number of benzene rings is 1. The molecule has 1 aliphatic carbocycles. The average Bonchev–Trinajstić information content (AvgIpc) is 3.21. The standard InChI is InChI=1S/C18H23N5O4/c1-26-12-4-5-14(17-20-22-23-21-17)16(8-12)27-13-3-2-10-9-19-15(18(24)25)7-11(10)6-13/h4-5,8,10-11,13,15,19H,2-3,6-7,9H2,1H3,(H,24,25)(H,20,21,22,23)/t10?,11?,13-,15-/m0/s1. The van der Waals surface area contributed by atoms with Gasteiger partial charge in [-0.15, -0.1) is 10.2 Å². The van der Waals surface area contributed by atoms with Gasteiger partial charge in [0.2, 0.25) is 5.82 Å². The van der Waals surface area contributed by atoms with Crippen molar-refractivity contribution in [2.75, 3.05) is 13.7 Å². The van der Waals surface area contributed by atoms with Crippen molar-refractivity contribution in [3.63, 3.8) is 0 Å². The number of nitrogens with one attached hydrogen (secondary N) is 2. The van der Waals surface area contributed by atoms with E-state index in [0.717, 1.165) is 31.4 Å². The van der Waals surface area contributed by atoms with Gasteiger partial charge in [-0.3, -0.25) is 4.79 Å². The third-order valence-corrected chi connectivity index (χ3v) is 5.62. The molecule has 1 saturated carbocycles. The van der Waals surface area contributed by atoms with Gasteiger partial charge in [-0.25, -0.2) is 0 Å². The van der Waals surface area contributed by atoms with Gasteiger partial charge in [-0.05, 0) is 61.4 Å². The Kier molecular flexibility index (Phi) is 4.93. The quantitative estimate of drug-likeness (QED) is 0.720. The number of methoxy groups -OCH3 is 1. The summed E-state index contributed by atoms with van der Waals surface area (Å²) in [7, 11) is 1.61. The van der Waals surface area contributed by atoms with E-state index in [-0.39, 0.29) is 6.10 Å². The van der Waals surface area contributed by atoms with Gasteiger partial charge >= 0.3 is 5.97 Å². The van der Waals surface area contributed by atoms with Crippen LogP contribution in [0.3, 0.4) is 0 Å². The molecule has 2 heterocycles. The Hall–Kier alpha value is -2.68. The van der Waals surface area contributed by atoms with Crippen LogP contribution in [0.15, 0.2) is 18.2 Å². The Bertz CT molecular complexity index is 797. The molecule has 3 N–H and O–H groups in total. The SMILES string of the molecule is COc1ccc(-c2nn[nH]n2)c(O[C@H]2CCC3CN[C@H](C(=O)O)CC3C2)c1. The molecule has 27 heavy (non-hydrogen) atoms. The number of aromatic amines is 1. The first-order valence-electron chi connectivity index (χ1n) is 9.18. The molecule has 4 atom stereocenters. The molecule has 144 valence electrons. The second kappa shape index (κ2) is 7.51. The van der Waals surface area contributed by atoms with E-state index in [1.54, 1.807) is 7.11 Å². The van der Waals surface area contributed by atoms with Crippen LogP contribution in [-0.4, -0.2) is 57.5 Å². The average molecular weight is 373 g/mol. The van der Waals surface area contributed by atoms with Crippen LogP contribution < -0.4 is 14.8 Å². The van der Waals surface area contributed by atoms with Crippen molar-refractivity contribution >= 4 is 5.97 Å². The van der Waals surface area contributed by atoms with E-state index in [4.69, 9.17) is 9.47 Å². The number of carbonyl (C=O) groups is 1. The maximum absolute atomic E-state index is 11.3. The van der Waals surface area contributed by atoms with Crippen molar-refractivity contribution < 1.29 is 19.4 Å². The Balaban J connectivity index is 1.51. The first kappa shape index (κ1) is 17.7. The number of fused-ring (bicyclic) bond motifs is 1. The lowest BCUT2D eigenvalue weighted by molar-refractivity contribution is -0.141. The second-order valence-electron chi connectivity index (χ2n) is 7.21. The highest BCUT2D eigenvalue weighted by Gasteiger charge is 2.38. The van der Waals surface area contributed by atoms with Gasteiger partial charge in [-0.2, -0.15) is 5.21 Å². The van der Waals surface area contributed by atoms with E-state index in [1.165, 1.54) is 0 Å². The molecule has 9 nitrogen and oxygen atoms in total. The van der Waals surface area contributed by atoms with Crippen LogP contribution >= 0.6 is 0 Å². The van der Waals surface area contributed by atoms with Gasteiger partial charge in [0.1, 0.15) is 17.5 Å². The fourth-order valence-corrected chi connectivity index (χ4v) is 4.18. The molecule has 2 aromatic rings. The van der Waals surface area contributed by atoms with E-state index in [1.807, 2.05) is 18.2 Å². The highest BCUT2D eigenvalue weighted by atomic mass is 16.5. The number of carboxylic acids is 1. The number of aliphatic carboxylic acids is 1. The monoisotopic (exact) mass is 373 g/mol. The highest BCUT2D eigenvalue weighted by molar-refractivity contribution is 5.73. The molecule has 4 rings (SSSR count). The first-order valence-corrected chi connectivity index (χ1v) is 9.18. The molecule has 2 aliphatic rings. The zero-order chi connectivity index (χ0) is 18.8. The van der Waals surface area contributed by atoms with Crippen molar-refractivity contribution in [1.29, 1.82) is 0 Å². The van der Waals surface area contributed by atoms with E-state index < -0.39 is 12.0 Å². The van der Waals surface area contributed by atoms with Gasteiger partial charge in [0, 0.05) is 6.07 Å². The smallest absolute Gasteiger partial charge is 0.320 e. The summed E-state index contributed by atoms with van der Waals surface area (Å²) >= 11 is 0. The lowest BCUT2D eigenvalue weighted by Crippen LogP contribution is -2.50. The third-order valence-electron chi connectivity index (χ3n) is 5.62. The van der Waals surface area contributed by atoms with Crippen LogP contribution in [0, 0.1) is 11.8 Å². The van der Waals surface area contributed by atoms with Crippen LogP contribution in [0.5, 0.6) is 11.5 Å². The molecular formula is C18H23N5O4. The molecule has 0 spiro atoms. The van der Waals surface area contributed by atoms with Crippen molar-refractivity contribution in [3.05, 3.63) is 18.2 Å². The molecule has 2 fully saturated rings. The Morgan fingerprint density at radius 3 is 2.89 bits per heavy atom. The normalized spacial score (nSPS) is 27.6. The summed E-state index contributed by atoms with van der Waals surface area (Å²) in [6.07, 6.45) is 3.48. The van der Waals surface area contributed by atoms with Crippen LogP contribution in [-0.2, 0) is 4.79 Å². The lowest BCUT2D eigenvalue weighted by atomic mass is 9.72. The number of piperidine rings is 1. The third kappa shape index (κ3) is 3.73. The number of ether oxygens (including phenoxy) is 2. The molecule has 1 aliphatic heterocycles. The summed E-state index contributed by atoms with van der Waals surface area (Å²) in [6, 6.07) is 5.06. The number of rotatable bonds is 5. The second-order valence-corrected chi connectivity index (χ2v) is 7.21. The fraction of sp³-hybridized carbons (Fsp3) is 0.556. The number of aromatic nitrogens is 4.